The van der Waals surface area contributed by atoms with E-state index in [9.17, 15) is 9.50 Å². The van der Waals surface area contributed by atoms with E-state index in [0.717, 1.165) is 23.1 Å². The third-order valence-corrected chi connectivity index (χ3v) is 2.73. The molecule has 0 saturated heterocycles. The predicted molar refractivity (Wildman–Crippen MR) is 53.9 cm³/mol. The number of allylic oxidation sites excluding steroid dienone is 1. The van der Waals surface area contributed by atoms with E-state index in [1.54, 1.807) is 12.1 Å². The van der Waals surface area contributed by atoms with Crippen molar-refractivity contribution in [3.05, 3.63) is 47.5 Å². The largest absolute Gasteiger partial charge is 0.385 e. The van der Waals surface area contributed by atoms with Gasteiger partial charge in [0.15, 0.2) is 0 Å². The third kappa shape index (κ3) is 1.36. The lowest BCUT2D eigenvalue weighted by atomic mass is 10.0. The van der Waals surface area contributed by atoms with Gasteiger partial charge in [0.1, 0.15) is 12.3 Å². The van der Waals surface area contributed by atoms with Crippen molar-refractivity contribution >= 4 is 0 Å². The van der Waals surface area contributed by atoms with Gasteiger partial charge in [0, 0.05) is 6.42 Å². The summed E-state index contributed by atoms with van der Waals surface area (Å²) in [6.45, 7) is 3.66. The molecule has 2 rings (SSSR count). The van der Waals surface area contributed by atoms with Gasteiger partial charge < -0.3 is 5.11 Å². The quantitative estimate of drug-likeness (QED) is 0.713. The second-order valence-corrected chi connectivity index (χ2v) is 3.64. The first-order valence-corrected chi connectivity index (χ1v) is 4.77. The molecule has 0 saturated carbocycles. The molecule has 1 aromatic carbocycles. The zero-order valence-corrected chi connectivity index (χ0v) is 7.91. The molecule has 0 heterocycles. The fourth-order valence-corrected chi connectivity index (χ4v) is 2.03. The summed E-state index contributed by atoms with van der Waals surface area (Å²) < 4.78 is 13.3. The minimum absolute atomic E-state index is 0.334. The number of rotatable bonds is 2. The molecule has 0 amide bonds. The molecule has 14 heavy (non-hydrogen) atoms. The fourth-order valence-electron chi connectivity index (χ4n) is 2.03. The Bertz CT molecular complexity index is 359. The van der Waals surface area contributed by atoms with Crippen LogP contribution in [0.5, 0.6) is 0 Å². The van der Waals surface area contributed by atoms with Crippen LogP contribution in [0, 0.1) is 0 Å². The molecule has 0 spiro atoms. The molecule has 1 nitrogen and oxygen atoms in total. The lowest BCUT2D eigenvalue weighted by Crippen LogP contribution is -2.05. The Kier molecular flexibility index (Phi) is 2.38. The van der Waals surface area contributed by atoms with Crippen molar-refractivity contribution in [2.24, 2.45) is 0 Å². The van der Waals surface area contributed by atoms with Crippen molar-refractivity contribution < 1.29 is 9.50 Å². The number of halogens is 1. The predicted octanol–water partition coefficient (Wildman–Crippen LogP) is 2.34. The normalized spacial score (nSPS) is 24.7. The number of aliphatic hydroxyl groups is 1. The standard InChI is InChI=1S/C12H13FO/c1-2-4-8-5-3-6-9-10(8)7-11(13)12(9)14/h2-3,5-6,11-12,14H,1,4,7H2. The molecule has 0 radical (unpaired) electrons. The third-order valence-electron chi connectivity index (χ3n) is 2.73. The van der Waals surface area contributed by atoms with Crippen molar-refractivity contribution in [1.82, 2.24) is 0 Å². The minimum atomic E-state index is -1.14. The highest BCUT2D eigenvalue weighted by atomic mass is 19.1. The van der Waals surface area contributed by atoms with Crippen molar-refractivity contribution in [3.8, 4) is 0 Å². The topological polar surface area (TPSA) is 20.2 Å². The molecular weight excluding hydrogens is 179 g/mol. The summed E-state index contributed by atoms with van der Waals surface area (Å²) in [5.41, 5.74) is 2.79. The molecule has 74 valence electrons. The van der Waals surface area contributed by atoms with Crippen LogP contribution in [0.3, 0.4) is 0 Å². The van der Waals surface area contributed by atoms with Crippen LogP contribution < -0.4 is 0 Å². The van der Waals surface area contributed by atoms with Gasteiger partial charge in [0.25, 0.3) is 0 Å². The van der Waals surface area contributed by atoms with E-state index in [1.165, 1.54) is 0 Å². The number of aliphatic hydroxyl groups excluding tert-OH is 1. The van der Waals surface area contributed by atoms with Gasteiger partial charge in [-0.2, -0.15) is 0 Å². The molecule has 0 bridgehead atoms. The van der Waals surface area contributed by atoms with Crippen molar-refractivity contribution in [3.63, 3.8) is 0 Å². The molecule has 1 aliphatic rings. The molecule has 1 aromatic rings. The Balaban J connectivity index is 2.44. The molecule has 2 atom stereocenters. The second kappa shape index (κ2) is 3.54. The lowest BCUT2D eigenvalue weighted by Gasteiger charge is -2.06. The molecule has 0 aromatic heterocycles. The van der Waals surface area contributed by atoms with Crippen molar-refractivity contribution in [2.75, 3.05) is 0 Å². The van der Waals surface area contributed by atoms with E-state index < -0.39 is 12.3 Å². The van der Waals surface area contributed by atoms with Gasteiger partial charge >= 0.3 is 0 Å². The number of benzene rings is 1. The Hall–Kier alpha value is -1.15. The van der Waals surface area contributed by atoms with Crippen LogP contribution in [0.15, 0.2) is 30.9 Å². The van der Waals surface area contributed by atoms with Gasteiger partial charge in [0.2, 0.25) is 0 Å². The summed E-state index contributed by atoms with van der Waals surface area (Å²) >= 11 is 0. The maximum Gasteiger partial charge on any atom is 0.134 e. The van der Waals surface area contributed by atoms with E-state index in [1.807, 2.05) is 12.1 Å². The molecule has 0 aliphatic heterocycles. The van der Waals surface area contributed by atoms with Crippen LogP contribution in [-0.4, -0.2) is 11.3 Å². The first-order chi connectivity index (χ1) is 6.74. The van der Waals surface area contributed by atoms with Crippen LogP contribution in [0.4, 0.5) is 4.39 Å². The summed E-state index contributed by atoms with van der Waals surface area (Å²) in [7, 11) is 0. The highest BCUT2D eigenvalue weighted by molar-refractivity contribution is 5.42. The van der Waals surface area contributed by atoms with Gasteiger partial charge in [-0.1, -0.05) is 24.3 Å². The molecular formula is C12H13FO. The number of hydrogen-bond acceptors (Lipinski definition) is 1. The Morgan fingerprint density at radius 1 is 1.57 bits per heavy atom. The zero-order chi connectivity index (χ0) is 10.1. The van der Waals surface area contributed by atoms with Gasteiger partial charge in [-0.25, -0.2) is 4.39 Å². The molecule has 1 aliphatic carbocycles. The van der Waals surface area contributed by atoms with E-state index in [0.29, 0.717) is 6.42 Å². The van der Waals surface area contributed by atoms with Gasteiger partial charge in [-0.3, -0.25) is 0 Å². The highest BCUT2D eigenvalue weighted by Gasteiger charge is 2.31. The Labute approximate surface area is 82.9 Å². The number of fused-ring (bicyclic) bond motifs is 1. The van der Waals surface area contributed by atoms with E-state index >= 15 is 0 Å². The fraction of sp³-hybridized carbons (Fsp3) is 0.333. The van der Waals surface area contributed by atoms with Crippen LogP contribution >= 0.6 is 0 Å². The summed E-state index contributed by atoms with van der Waals surface area (Å²) in [6.07, 6.45) is 0.794. The van der Waals surface area contributed by atoms with Crippen LogP contribution in [0.25, 0.3) is 0 Å². The number of alkyl halides is 1. The zero-order valence-electron chi connectivity index (χ0n) is 7.91. The van der Waals surface area contributed by atoms with E-state index in [2.05, 4.69) is 6.58 Å². The van der Waals surface area contributed by atoms with Gasteiger partial charge in [-0.05, 0) is 23.1 Å². The van der Waals surface area contributed by atoms with Gasteiger partial charge in [0.05, 0.1) is 0 Å². The smallest absolute Gasteiger partial charge is 0.134 e. The highest BCUT2D eigenvalue weighted by Crippen LogP contribution is 2.35. The molecule has 2 unspecified atom stereocenters. The maximum atomic E-state index is 13.3. The molecule has 1 N–H and O–H groups in total. The summed E-state index contributed by atoms with van der Waals surface area (Å²) in [5, 5.41) is 9.54. The summed E-state index contributed by atoms with van der Waals surface area (Å²) in [4.78, 5) is 0. The molecule has 0 fully saturated rings. The first-order valence-electron chi connectivity index (χ1n) is 4.77. The maximum absolute atomic E-state index is 13.3. The summed E-state index contributed by atoms with van der Waals surface area (Å²) in [5.74, 6) is 0. The van der Waals surface area contributed by atoms with Crippen LogP contribution in [-0.2, 0) is 12.8 Å². The summed E-state index contributed by atoms with van der Waals surface area (Å²) in [6, 6.07) is 5.62. The monoisotopic (exact) mass is 192 g/mol. The van der Waals surface area contributed by atoms with Crippen LogP contribution in [0.2, 0.25) is 0 Å². The number of hydrogen-bond donors (Lipinski definition) is 1. The Morgan fingerprint density at radius 3 is 3.07 bits per heavy atom. The average molecular weight is 192 g/mol. The first kappa shape index (κ1) is 9.41. The SMILES string of the molecule is C=CCc1cccc2c1CC(F)C2O. The van der Waals surface area contributed by atoms with Crippen molar-refractivity contribution in [1.29, 1.82) is 0 Å². The minimum Gasteiger partial charge on any atom is -0.385 e. The van der Waals surface area contributed by atoms with Crippen molar-refractivity contribution in [2.45, 2.75) is 25.1 Å². The lowest BCUT2D eigenvalue weighted by molar-refractivity contribution is 0.0926. The second-order valence-electron chi connectivity index (χ2n) is 3.64. The van der Waals surface area contributed by atoms with Crippen LogP contribution in [0.1, 0.15) is 22.8 Å². The van der Waals surface area contributed by atoms with E-state index in [-0.39, 0.29) is 0 Å². The average Bonchev–Trinajstić information content (AvgIpc) is 2.46. The molecule has 2 heteroatoms. The van der Waals surface area contributed by atoms with E-state index in [4.69, 9.17) is 0 Å². The van der Waals surface area contributed by atoms with Gasteiger partial charge in [-0.15, -0.1) is 6.58 Å². The Morgan fingerprint density at radius 2 is 2.36 bits per heavy atom.